The first-order valence-electron chi connectivity index (χ1n) is 8.55. The standard InChI is InChI=1S/C20H20N2O5/c1-2-27-14-9-7-13(8-10-14)17(23)11-20(26)15-5-3-4-6-16(15)22(19(20)25)12-18(21)24/h3-10,26H,2,11-12H2,1H3,(H2,21,24)/t20-/m1/s1. The zero-order chi connectivity index (χ0) is 19.6. The van der Waals surface area contributed by atoms with Crippen molar-refractivity contribution in [2.24, 2.45) is 5.73 Å². The summed E-state index contributed by atoms with van der Waals surface area (Å²) in [6, 6.07) is 13.0. The summed E-state index contributed by atoms with van der Waals surface area (Å²) in [5.41, 5.74) is 4.20. The van der Waals surface area contributed by atoms with Gasteiger partial charge in [-0.3, -0.25) is 19.3 Å². The Hall–Kier alpha value is -3.19. The summed E-state index contributed by atoms with van der Waals surface area (Å²) in [4.78, 5) is 38.0. The maximum atomic E-state index is 12.8. The Morgan fingerprint density at radius 3 is 2.44 bits per heavy atom. The van der Waals surface area contributed by atoms with E-state index in [2.05, 4.69) is 0 Å². The Balaban J connectivity index is 1.89. The third kappa shape index (κ3) is 3.41. The van der Waals surface area contributed by atoms with Gasteiger partial charge in [-0.1, -0.05) is 18.2 Å². The normalized spacial score (nSPS) is 18.3. The van der Waals surface area contributed by atoms with Gasteiger partial charge in [-0.05, 0) is 37.3 Å². The van der Waals surface area contributed by atoms with Gasteiger partial charge in [0.25, 0.3) is 5.91 Å². The summed E-state index contributed by atoms with van der Waals surface area (Å²) in [6.07, 6.45) is -0.438. The molecule has 7 heteroatoms. The highest BCUT2D eigenvalue weighted by Gasteiger charge is 2.51. The molecular weight excluding hydrogens is 348 g/mol. The molecule has 0 saturated heterocycles. The van der Waals surface area contributed by atoms with Gasteiger partial charge < -0.3 is 15.6 Å². The Labute approximate surface area is 156 Å². The molecule has 140 valence electrons. The number of amides is 2. The predicted molar refractivity (Wildman–Crippen MR) is 98.4 cm³/mol. The minimum Gasteiger partial charge on any atom is -0.494 e. The summed E-state index contributed by atoms with van der Waals surface area (Å²) < 4.78 is 5.34. The molecule has 0 unspecified atom stereocenters. The van der Waals surface area contributed by atoms with Gasteiger partial charge in [0.1, 0.15) is 12.3 Å². The molecule has 1 aliphatic heterocycles. The molecule has 3 N–H and O–H groups in total. The molecule has 1 atom stereocenters. The molecule has 0 fully saturated rings. The number of ether oxygens (including phenoxy) is 1. The van der Waals surface area contributed by atoms with Crippen molar-refractivity contribution >= 4 is 23.3 Å². The molecule has 0 aromatic heterocycles. The molecule has 0 spiro atoms. The number of hydrogen-bond donors (Lipinski definition) is 2. The number of ketones is 1. The second-order valence-electron chi connectivity index (χ2n) is 6.29. The van der Waals surface area contributed by atoms with Crippen molar-refractivity contribution in [3.8, 4) is 5.75 Å². The van der Waals surface area contributed by atoms with Crippen LogP contribution in [0.5, 0.6) is 5.75 Å². The second kappa shape index (κ2) is 7.20. The van der Waals surface area contributed by atoms with E-state index in [9.17, 15) is 19.5 Å². The Bertz CT molecular complexity index is 894. The fourth-order valence-electron chi connectivity index (χ4n) is 3.23. The molecule has 0 bridgehead atoms. The van der Waals surface area contributed by atoms with Crippen LogP contribution in [-0.2, 0) is 15.2 Å². The highest BCUT2D eigenvalue weighted by Crippen LogP contribution is 2.42. The van der Waals surface area contributed by atoms with Gasteiger partial charge >= 0.3 is 0 Å². The van der Waals surface area contributed by atoms with Crippen LogP contribution in [0.15, 0.2) is 48.5 Å². The summed E-state index contributed by atoms with van der Waals surface area (Å²) in [6.45, 7) is 2.00. The first-order valence-corrected chi connectivity index (χ1v) is 8.55. The maximum Gasteiger partial charge on any atom is 0.264 e. The number of nitrogens with two attached hydrogens (primary N) is 1. The first-order chi connectivity index (χ1) is 12.9. The number of carbonyl (C=O) groups is 3. The van der Waals surface area contributed by atoms with E-state index in [1.54, 1.807) is 48.5 Å². The highest BCUT2D eigenvalue weighted by molar-refractivity contribution is 6.12. The summed E-state index contributed by atoms with van der Waals surface area (Å²) in [7, 11) is 0. The average Bonchev–Trinajstić information content (AvgIpc) is 2.84. The van der Waals surface area contributed by atoms with Gasteiger partial charge in [0.15, 0.2) is 11.4 Å². The van der Waals surface area contributed by atoms with Crippen molar-refractivity contribution in [3.05, 3.63) is 59.7 Å². The number of fused-ring (bicyclic) bond motifs is 1. The minimum atomic E-state index is -2.04. The number of carbonyl (C=O) groups excluding carboxylic acids is 3. The number of para-hydroxylation sites is 1. The molecule has 1 heterocycles. The number of rotatable bonds is 7. The van der Waals surface area contributed by atoms with Crippen LogP contribution in [0.2, 0.25) is 0 Å². The van der Waals surface area contributed by atoms with Gasteiger partial charge in [-0.2, -0.15) is 0 Å². The lowest BCUT2D eigenvalue weighted by atomic mass is 9.88. The average molecular weight is 368 g/mol. The first kappa shape index (κ1) is 18.6. The Morgan fingerprint density at radius 1 is 1.15 bits per heavy atom. The Morgan fingerprint density at radius 2 is 1.81 bits per heavy atom. The van der Waals surface area contributed by atoms with Crippen molar-refractivity contribution in [3.63, 3.8) is 0 Å². The van der Waals surface area contributed by atoms with Crippen molar-refractivity contribution < 1.29 is 24.2 Å². The van der Waals surface area contributed by atoms with Crippen LogP contribution in [0.4, 0.5) is 5.69 Å². The molecule has 3 rings (SSSR count). The lowest BCUT2D eigenvalue weighted by Gasteiger charge is -2.22. The molecule has 0 aliphatic carbocycles. The van der Waals surface area contributed by atoms with E-state index in [0.29, 0.717) is 23.6 Å². The number of hydrogen-bond acceptors (Lipinski definition) is 5. The molecule has 7 nitrogen and oxygen atoms in total. The van der Waals surface area contributed by atoms with Crippen molar-refractivity contribution in [2.45, 2.75) is 18.9 Å². The monoisotopic (exact) mass is 368 g/mol. The second-order valence-corrected chi connectivity index (χ2v) is 6.29. The zero-order valence-corrected chi connectivity index (χ0v) is 14.8. The number of anilines is 1. The largest absolute Gasteiger partial charge is 0.494 e. The molecule has 0 saturated carbocycles. The third-order valence-corrected chi connectivity index (χ3v) is 4.46. The summed E-state index contributed by atoms with van der Waals surface area (Å²) in [5.74, 6) is -1.21. The maximum absolute atomic E-state index is 12.8. The molecular formula is C20H20N2O5. The minimum absolute atomic E-state index is 0.288. The molecule has 2 aromatic carbocycles. The van der Waals surface area contributed by atoms with Crippen molar-refractivity contribution in [1.82, 2.24) is 0 Å². The number of benzene rings is 2. The number of Topliss-reactive ketones (excluding diaryl/α,β-unsaturated/α-hetero) is 1. The summed E-state index contributed by atoms with van der Waals surface area (Å²) >= 11 is 0. The van der Waals surface area contributed by atoms with E-state index in [0.717, 1.165) is 4.90 Å². The molecule has 2 aromatic rings. The van der Waals surface area contributed by atoms with Gasteiger partial charge in [0.2, 0.25) is 5.91 Å². The SMILES string of the molecule is CCOc1ccc(C(=O)C[C@]2(O)C(=O)N(CC(N)=O)c3ccccc32)cc1. The zero-order valence-electron chi connectivity index (χ0n) is 14.8. The van der Waals surface area contributed by atoms with E-state index < -0.39 is 29.6 Å². The highest BCUT2D eigenvalue weighted by atomic mass is 16.5. The topological polar surface area (TPSA) is 110 Å². The number of nitrogens with zero attached hydrogens (tertiary/aromatic N) is 1. The van der Waals surface area contributed by atoms with Crippen LogP contribution in [0, 0.1) is 0 Å². The van der Waals surface area contributed by atoms with Gasteiger partial charge in [-0.15, -0.1) is 0 Å². The van der Waals surface area contributed by atoms with Crippen LogP contribution in [-0.4, -0.2) is 35.9 Å². The van der Waals surface area contributed by atoms with Crippen LogP contribution in [0.1, 0.15) is 29.3 Å². The van der Waals surface area contributed by atoms with E-state index in [1.807, 2.05) is 6.92 Å². The quantitative estimate of drug-likeness (QED) is 0.718. The van der Waals surface area contributed by atoms with Crippen LogP contribution in [0.3, 0.4) is 0 Å². The molecule has 0 radical (unpaired) electrons. The van der Waals surface area contributed by atoms with Crippen molar-refractivity contribution in [1.29, 1.82) is 0 Å². The van der Waals surface area contributed by atoms with Gasteiger partial charge in [0.05, 0.1) is 18.7 Å². The fraction of sp³-hybridized carbons (Fsp3) is 0.250. The van der Waals surface area contributed by atoms with Crippen molar-refractivity contribution in [2.75, 3.05) is 18.1 Å². The van der Waals surface area contributed by atoms with Crippen LogP contribution >= 0.6 is 0 Å². The van der Waals surface area contributed by atoms with E-state index in [-0.39, 0.29) is 12.1 Å². The fourth-order valence-corrected chi connectivity index (χ4v) is 3.23. The lowest BCUT2D eigenvalue weighted by Crippen LogP contribution is -2.44. The Kier molecular flexibility index (Phi) is 4.96. The molecule has 1 aliphatic rings. The predicted octanol–water partition coefficient (Wildman–Crippen LogP) is 1.38. The number of aliphatic hydroxyl groups is 1. The summed E-state index contributed by atoms with van der Waals surface area (Å²) in [5, 5.41) is 11.1. The smallest absolute Gasteiger partial charge is 0.264 e. The molecule has 2 amide bonds. The lowest BCUT2D eigenvalue weighted by molar-refractivity contribution is -0.136. The van der Waals surface area contributed by atoms with E-state index in [4.69, 9.17) is 10.5 Å². The number of primary amides is 1. The van der Waals surface area contributed by atoms with Gasteiger partial charge in [0, 0.05) is 11.1 Å². The van der Waals surface area contributed by atoms with Crippen LogP contribution < -0.4 is 15.4 Å². The van der Waals surface area contributed by atoms with Gasteiger partial charge in [-0.25, -0.2) is 0 Å². The van der Waals surface area contributed by atoms with E-state index >= 15 is 0 Å². The molecule has 27 heavy (non-hydrogen) atoms. The van der Waals surface area contributed by atoms with Crippen LogP contribution in [0.25, 0.3) is 0 Å². The third-order valence-electron chi connectivity index (χ3n) is 4.46. The van der Waals surface area contributed by atoms with E-state index in [1.165, 1.54) is 0 Å².